The Balaban J connectivity index is 2.03. The predicted molar refractivity (Wildman–Crippen MR) is 76.8 cm³/mol. The molecule has 1 aliphatic heterocycles. The van der Waals surface area contributed by atoms with Gasteiger partial charge in [0.1, 0.15) is 6.04 Å². The summed E-state index contributed by atoms with van der Waals surface area (Å²) in [6, 6.07) is 9.39. The molecule has 0 bridgehead atoms. The molecule has 0 spiro atoms. The van der Waals surface area contributed by atoms with Crippen molar-refractivity contribution in [3.05, 3.63) is 35.9 Å². The minimum Gasteiger partial charge on any atom is -0.343 e. The van der Waals surface area contributed by atoms with Gasteiger partial charge in [0, 0.05) is 6.54 Å². The summed E-state index contributed by atoms with van der Waals surface area (Å²) in [7, 11) is 0. The van der Waals surface area contributed by atoms with Crippen LogP contribution >= 0.6 is 11.8 Å². The number of carbonyl (C=O) groups is 2. The van der Waals surface area contributed by atoms with Crippen molar-refractivity contribution in [1.82, 2.24) is 10.2 Å². The second kappa shape index (κ2) is 6.61. The summed E-state index contributed by atoms with van der Waals surface area (Å²) < 4.78 is 0. The number of nitrogens with one attached hydrogen (secondary N) is 1. The highest BCUT2D eigenvalue weighted by Crippen LogP contribution is 2.12. The first-order chi connectivity index (χ1) is 9.20. The number of nitrogens with zero attached hydrogens (tertiary/aromatic N) is 1. The highest BCUT2D eigenvalue weighted by Gasteiger charge is 2.31. The van der Waals surface area contributed by atoms with E-state index in [0.29, 0.717) is 13.0 Å². The van der Waals surface area contributed by atoms with E-state index in [1.54, 1.807) is 16.7 Å². The van der Waals surface area contributed by atoms with Crippen molar-refractivity contribution in [3.63, 3.8) is 0 Å². The molecule has 5 heteroatoms. The van der Waals surface area contributed by atoms with E-state index in [2.05, 4.69) is 5.32 Å². The fourth-order valence-corrected chi connectivity index (χ4v) is 2.61. The molecule has 1 N–H and O–H groups in total. The molecular formula is C14H18N2O2S. The standard InChI is InChI=1S/C14H18N2O2S/c1-19-8-7-12-14(18)16(10-13(17)15-12)9-11-5-3-2-4-6-11/h2-6,12H,7-10H2,1H3,(H,15,17)/t12-/m1/s1. The molecule has 1 fully saturated rings. The van der Waals surface area contributed by atoms with Crippen molar-refractivity contribution in [2.75, 3.05) is 18.6 Å². The second-order valence-electron chi connectivity index (χ2n) is 4.58. The molecule has 2 rings (SSSR count). The zero-order chi connectivity index (χ0) is 13.7. The van der Waals surface area contributed by atoms with Crippen LogP contribution in [-0.4, -0.2) is 41.3 Å². The SMILES string of the molecule is CSCC[C@H]1NC(=O)CN(Cc2ccccc2)C1=O. The molecule has 1 aromatic carbocycles. The van der Waals surface area contributed by atoms with Crippen molar-refractivity contribution in [3.8, 4) is 0 Å². The van der Waals surface area contributed by atoms with Crippen LogP contribution in [0.15, 0.2) is 30.3 Å². The van der Waals surface area contributed by atoms with Crippen LogP contribution in [0.3, 0.4) is 0 Å². The first-order valence-electron chi connectivity index (χ1n) is 6.31. The maximum absolute atomic E-state index is 12.3. The number of hydrogen-bond donors (Lipinski definition) is 1. The van der Waals surface area contributed by atoms with E-state index in [9.17, 15) is 9.59 Å². The summed E-state index contributed by atoms with van der Waals surface area (Å²) in [4.78, 5) is 25.6. The Kier molecular flexibility index (Phi) is 4.85. The van der Waals surface area contributed by atoms with E-state index in [1.807, 2.05) is 36.6 Å². The third-order valence-electron chi connectivity index (χ3n) is 3.11. The average molecular weight is 278 g/mol. The van der Waals surface area contributed by atoms with Crippen LogP contribution in [0.5, 0.6) is 0 Å². The van der Waals surface area contributed by atoms with Gasteiger partial charge in [0.2, 0.25) is 11.8 Å². The van der Waals surface area contributed by atoms with Gasteiger partial charge in [-0.2, -0.15) is 11.8 Å². The Morgan fingerprint density at radius 2 is 2.05 bits per heavy atom. The number of rotatable bonds is 5. The number of benzene rings is 1. The largest absolute Gasteiger partial charge is 0.343 e. The molecule has 1 aliphatic rings. The minimum absolute atomic E-state index is 0.0255. The fourth-order valence-electron chi connectivity index (χ4n) is 2.14. The molecule has 0 radical (unpaired) electrons. The molecule has 1 saturated heterocycles. The summed E-state index contributed by atoms with van der Waals surface area (Å²) in [5.74, 6) is 0.828. The van der Waals surface area contributed by atoms with Crippen LogP contribution in [0.1, 0.15) is 12.0 Å². The number of thioether (sulfide) groups is 1. The van der Waals surface area contributed by atoms with Gasteiger partial charge in [0.25, 0.3) is 0 Å². The van der Waals surface area contributed by atoms with Crippen LogP contribution in [0.4, 0.5) is 0 Å². The van der Waals surface area contributed by atoms with Crippen LogP contribution in [0.25, 0.3) is 0 Å². The van der Waals surface area contributed by atoms with Gasteiger partial charge < -0.3 is 10.2 Å². The van der Waals surface area contributed by atoms with E-state index in [1.165, 1.54) is 0 Å². The monoisotopic (exact) mass is 278 g/mol. The zero-order valence-corrected chi connectivity index (χ0v) is 11.8. The van der Waals surface area contributed by atoms with Crippen LogP contribution < -0.4 is 5.32 Å². The van der Waals surface area contributed by atoms with E-state index in [-0.39, 0.29) is 24.4 Å². The molecule has 19 heavy (non-hydrogen) atoms. The third kappa shape index (κ3) is 3.73. The van der Waals surface area contributed by atoms with Crippen LogP contribution in [0.2, 0.25) is 0 Å². The van der Waals surface area contributed by atoms with Gasteiger partial charge in [-0.3, -0.25) is 9.59 Å². The second-order valence-corrected chi connectivity index (χ2v) is 5.57. The first-order valence-corrected chi connectivity index (χ1v) is 7.71. The molecule has 1 atom stereocenters. The Morgan fingerprint density at radius 3 is 2.74 bits per heavy atom. The average Bonchev–Trinajstić information content (AvgIpc) is 2.42. The Morgan fingerprint density at radius 1 is 1.32 bits per heavy atom. The minimum atomic E-state index is -0.364. The topological polar surface area (TPSA) is 49.4 Å². The molecule has 0 saturated carbocycles. The molecular weight excluding hydrogens is 260 g/mol. The summed E-state index contributed by atoms with van der Waals surface area (Å²) >= 11 is 1.68. The van der Waals surface area contributed by atoms with Crippen LogP contribution in [0, 0.1) is 0 Å². The van der Waals surface area contributed by atoms with Crippen molar-refractivity contribution in [1.29, 1.82) is 0 Å². The summed E-state index contributed by atoms with van der Waals surface area (Å²) in [5.41, 5.74) is 1.05. The molecule has 0 unspecified atom stereocenters. The molecule has 0 aliphatic carbocycles. The number of piperazine rings is 1. The van der Waals surface area contributed by atoms with Gasteiger partial charge in [-0.25, -0.2) is 0 Å². The quantitative estimate of drug-likeness (QED) is 0.882. The Hall–Kier alpha value is -1.49. The van der Waals surface area contributed by atoms with Gasteiger partial charge in [-0.05, 0) is 24.0 Å². The predicted octanol–water partition coefficient (Wildman–Crippen LogP) is 1.27. The third-order valence-corrected chi connectivity index (χ3v) is 3.75. The van der Waals surface area contributed by atoms with E-state index in [4.69, 9.17) is 0 Å². The van der Waals surface area contributed by atoms with E-state index < -0.39 is 0 Å². The molecule has 102 valence electrons. The lowest BCUT2D eigenvalue weighted by atomic mass is 10.1. The molecule has 2 amide bonds. The first kappa shape index (κ1) is 13.9. The fraction of sp³-hybridized carbons (Fsp3) is 0.429. The summed E-state index contributed by atoms with van der Waals surface area (Å²) in [5, 5.41) is 2.77. The van der Waals surface area contributed by atoms with Crippen molar-refractivity contribution in [2.45, 2.75) is 19.0 Å². The maximum atomic E-state index is 12.3. The van der Waals surface area contributed by atoms with Gasteiger partial charge in [0.05, 0.1) is 6.54 Å². The zero-order valence-electron chi connectivity index (χ0n) is 11.0. The molecule has 1 heterocycles. The molecule has 1 aromatic rings. The normalized spacial score (nSPS) is 19.4. The van der Waals surface area contributed by atoms with Gasteiger partial charge in [-0.1, -0.05) is 30.3 Å². The van der Waals surface area contributed by atoms with Gasteiger partial charge in [0.15, 0.2) is 0 Å². The lowest BCUT2D eigenvalue weighted by Crippen LogP contribution is -2.57. The van der Waals surface area contributed by atoms with Crippen molar-refractivity contribution < 1.29 is 9.59 Å². The molecule has 4 nitrogen and oxygen atoms in total. The lowest BCUT2D eigenvalue weighted by Gasteiger charge is -2.32. The summed E-state index contributed by atoms with van der Waals surface area (Å²) in [6.45, 7) is 0.659. The van der Waals surface area contributed by atoms with Crippen molar-refractivity contribution >= 4 is 23.6 Å². The number of hydrogen-bond acceptors (Lipinski definition) is 3. The number of carbonyl (C=O) groups excluding carboxylic acids is 2. The maximum Gasteiger partial charge on any atom is 0.245 e. The van der Waals surface area contributed by atoms with Gasteiger partial charge >= 0.3 is 0 Å². The van der Waals surface area contributed by atoms with Crippen molar-refractivity contribution in [2.24, 2.45) is 0 Å². The Labute approximate surface area is 117 Å². The summed E-state index contributed by atoms with van der Waals surface area (Å²) in [6.07, 6.45) is 2.69. The molecule has 0 aromatic heterocycles. The Bertz CT molecular complexity index is 450. The highest BCUT2D eigenvalue weighted by atomic mass is 32.2. The van der Waals surface area contributed by atoms with Gasteiger partial charge in [-0.15, -0.1) is 0 Å². The van der Waals surface area contributed by atoms with E-state index >= 15 is 0 Å². The lowest BCUT2D eigenvalue weighted by molar-refractivity contribution is -0.144. The smallest absolute Gasteiger partial charge is 0.245 e. The number of amides is 2. The van der Waals surface area contributed by atoms with E-state index in [0.717, 1.165) is 11.3 Å². The van der Waals surface area contributed by atoms with Crippen LogP contribution in [-0.2, 0) is 16.1 Å². The highest BCUT2D eigenvalue weighted by molar-refractivity contribution is 7.98.